The maximum atomic E-state index is 12.4. The van der Waals surface area contributed by atoms with Crippen molar-refractivity contribution in [3.63, 3.8) is 0 Å². The largest absolute Gasteiger partial charge is 0.372 e. The van der Waals surface area contributed by atoms with E-state index in [2.05, 4.69) is 17.1 Å². The molecule has 5 nitrogen and oxygen atoms in total. The second-order valence-corrected chi connectivity index (χ2v) is 7.21. The first-order valence-corrected chi connectivity index (χ1v) is 9.51. The van der Waals surface area contributed by atoms with Gasteiger partial charge in [0, 0.05) is 37.1 Å². The van der Waals surface area contributed by atoms with Gasteiger partial charge in [-0.05, 0) is 55.2 Å². The van der Waals surface area contributed by atoms with Gasteiger partial charge in [0.25, 0.3) is 0 Å². The fourth-order valence-corrected chi connectivity index (χ4v) is 3.36. The molecule has 1 saturated heterocycles. The van der Waals surface area contributed by atoms with Gasteiger partial charge in [-0.2, -0.15) is 0 Å². The van der Waals surface area contributed by atoms with Crippen LogP contribution in [-0.4, -0.2) is 31.4 Å². The van der Waals surface area contributed by atoms with E-state index in [0.717, 1.165) is 30.4 Å². The van der Waals surface area contributed by atoms with Crippen molar-refractivity contribution in [1.29, 1.82) is 0 Å². The molecule has 1 heterocycles. The Kier molecular flexibility index (Phi) is 6.12. The third-order valence-electron chi connectivity index (χ3n) is 5.05. The van der Waals surface area contributed by atoms with Crippen LogP contribution in [-0.2, 0) is 9.59 Å². The number of piperidine rings is 1. The van der Waals surface area contributed by atoms with Crippen molar-refractivity contribution < 1.29 is 9.59 Å². The molecule has 0 aromatic heterocycles. The molecule has 27 heavy (non-hydrogen) atoms. The van der Waals surface area contributed by atoms with Crippen LogP contribution in [0.1, 0.15) is 26.7 Å². The summed E-state index contributed by atoms with van der Waals surface area (Å²) in [5, 5.41) is 2.88. The highest BCUT2D eigenvalue weighted by Gasteiger charge is 2.17. The number of carbonyl (C=O) groups is 2. The molecular formula is C22H27N3O2. The molecule has 1 N–H and O–H groups in total. The number of carbonyl (C=O) groups excluding carboxylic acids is 2. The fourth-order valence-electron chi connectivity index (χ4n) is 3.36. The van der Waals surface area contributed by atoms with Crippen LogP contribution in [0.4, 0.5) is 17.1 Å². The molecule has 1 aliphatic rings. The zero-order valence-corrected chi connectivity index (χ0v) is 16.0. The Bertz CT molecular complexity index is 766. The van der Waals surface area contributed by atoms with E-state index in [1.54, 1.807) is 0 Å². The van der Waals surface area contributed by atoms with Crippen LogP contribution in [0.3, 0.4) is 0 Å². The summed E-state index contributed by atoms with van der Waals surface area (Å²) in [5.74, 6) is 0.424. The minimum Gasteiger partial charge on any atom is -0.372 e. The Labute approximate surface area is 161 Å². The third kappa shape index (κ3) is 5.09. The number of para-hydroxylation sites is 1. The number of benzene rings is 2. The average Bonchev–Trinajstić information content (AvgIpc) is 2.68. The first kappa shape index (κ1) is 19.0. The van der Waals surface area contributed by atoms with Gasteiger partial charge in [-0.25, -0.2) is 0 Å². The standard InChI is InChI=1S/C22H27N3O2/c1-17-12-14-24(15-13-17)20-10-8-19(9-11-20)23-22(27)16-25(18(2)26)21-6-4-3-5-7-21/h3-11,17H,12-16H2,1-2H3,(H,23,27). The summed E-state index contributed by atoms with van der Waals surface area (Å²) in [4.78, 5) is 28.2. The SMILES string of the molecule is CC(=O)N(CC(=O)Nc1ccc(N2CCC(C)CC2)cc1)c1ccccc1. The second kappa shape index (κ2) is 8.71. The number of nitrogens with zero attached hydrogens (tertiary/aromatic N) is 2. The number of hydrogen-bond acceptors (Lipinski definition) is 3. The van der Waals surface area contributed by atoms with Gasteiger partial charge in [0.2, 0.25) is 11.8 Å². The Hall–Kier alpha value is -2.82. The molecule has 0 spiro atoms. The monoisotopic (exact) mass is 365 g/mol. The van der Waals surface area contributed by atoms with E-state index in [4.69, 9.17) is 0 Å². The fraction of sp³-hybridized carbons (Fsp3) is 0.364. The molecule has 1 aliphatic heterocycles. The van der Waals surface area contributed by atoms with E-state index in [1.807, 2.05) is 54.6 Å². The van der Waals surface area contributed by atoms with Crippen LogP contribution >= 0.6 is 0 Å². The van der Waals surface area contributed by atoms with Gasteiger partial charge in [-0.3, -0.25) is 9.59 Å². The predicted octanol–water partition coefficient (Wildman–Crippen LogP) is 3.91. The smallest absolute Gasteiger partial charge is 0.244 e. The van der Waals surface area contributed by atoms with Crippen LogP contribution < -0.4 is 15.1 Å². The topological polar surface area (TPSA) is 52.7 Å². The van der Waals surface area contributed by atoms with Crippen molar-refractivity contribution in [2.45, 2.75) is 26.7 Å². The summed E-state index contributed by atoms with van der Waals surface area (Å²) in [7, 11) is 0. The summed E-state index contributed by atoms with van der Waals surface area (Å²) in [5.41, 5.74) is 2.65. The van der Waals surface area contributed by atoms with Crippen LogP contribution in [0.15, 0.2) is 54.6 Å². The summed E-state index contributed by atoms with van der Waals surface area (Å²) in [6, 6.07) is 17.2. The van der Waals surface area contributed by atoms with Gasteiger partial charge in [0.15, 0.2) is 0 Å². The lowest BCUT2D eigenvalue weighted by molar-refractivity contribution is -0.120. The summed E-state index contributed by atoms with van der Waals surface area (Å²) < 4.78 is 0. The van der Waals surface area contributed by atoms with Crippen LogP contribution in [0.5, 0.6) is 0 Å². The number of anilines is 3. The van der Waals surface area contributed by atoms with Crippen molar-refractivity contribution in [2.75, 3.05) is 34.8 Å². The van der Waals surface area contributed by atoms with E-state index in [-0.39, 0.29) is 18.4 Å². The first-order chi connectivity index (χ1) is 13.0. The van der Waals surface area contributed by atoms with Crippen LogP contribution in [0, 0.1) is 5.92 Å². The highest BCUT2D eigenvalue weighted by atomic mass is 16.2. The lowest BCUT2D eigenvalue weighted by Gasteiger charge is -2.32. The molecule has 2 aromatic rings. The summed E-state index contributed by atoms with van der Waals surface area (Å²) in [6.07, 6.45) is 2.44. The average molecular weight is 365 g/mol. The quantitative estimate of drug-likeness (QED) is 0.874. The van der Waals surface area contributed by atoms with Crippen LogP contribution in [0.25, 0.3) is 0 Å². The van der Waals surface area contributed by atoms with Crippen molar-refractivity contribution in [3.05, 3.63) is 54.6 Å². The van der Waals surface area contributed by atoms with E-state index in [0.29, 0.717) is 0 Å². The van der Waals surface area contributed by atoms with E-state index < -0.39 is 0 Å². The van der Waals surface area contributed by atoms with Crippen molar-refractivity contribution in [1.82, 2.24) is 0 Å². The minimum absolute atomic E-state index is 0.00882. The van der Waals surface area contributed by atoms with E-state index in [9.17, 15) is 9.59 Å². The van der Waals surface area contributed by atoms with Gasteiger partial charge >= 0.3 is 0 Å². The maximum absolute atomic E-state index is 12.4. The molecule has 2 aromatic carbocycles. The molecule has 5 heteroatoms. The number of hydrogen-bond donors (Lipinski definition) is 1. The predicted molar refractivity (Wildman–Crippen MR) is 110 cm³/mol. The van der Waals surface area contributed by atoms with Gasteiger partial charge in [-0.15, -0.1) is 0 Å². The molecule has 2 amide bonds. The zero-order chi connectivity index (χ0) is 19.2. The number of amides is 2. The van der Waals surface area contributed by atoms with E-state index in [1.165, 1.54) is 30.4 Å². The molecule has 0 radical (unpaired) electrons. The van der Waals surface area contributed by atoms with Gasteiger partial charge in [0.1, 0.15) is 6.54 Å². The Morgan fingerprint density at radius 2 is 1.67 bits per heavy atom. The van der Waals surface area contributed by atoms with E-state index >= 15 is 0 Å². The van der Waals surface area contributed by atoms with Crippen molar-refractivity contribution in [3.8, 4) is 0 Å². The lowest BCUT2D eigenvalue weighted by atomic mass is 9.99. The molecule has 0 saturated carbocycles. The molecule has 142 valence electrons. The Balaban J connectivity index is 1.59. The molecule has 0 bridgehead atoms. The van der Waals surface area contributed by atoms with Gasteiger partial charge in [-0.1, -0.05) is 25.1 Å². The summed E-state index contributed by atoms with van der Waals surface area (Å²) >= 11 is 0. The molecular weight excluding hydrogens is 338 g/mol. The maximum Gasteiger partial charge on any atom is 0.244 e. The highest BCUT2D eigenvalue weighted by molar-refractivity contribution is 6.01. The zero-order valence-electron chi connectivity index (χ0n) is 16.0. The number of nitrogens with one attached hydrogen (secondary N) is 1. The van der Waals surface area contributed by atoms with Crippen LogP contribution in [0.2, 0.25) is 0 Å². The molecule has 0 atom stereocenters. The first-order valence-electron chi connectivity index (χ1n) is 9.51. The molecule has 3 rings (SSSR count). The van der Waals surface area contributed by atoms with Gasteiger partial charge < -0.3 is 15.1 Å². The third-order valence-corrected chi connectivity index (χ3v) is 5.05. The number of rotatable bonds is 5. The van der Waals surface area contributed by atoms with Crippen molar-refractivity contribution in [2.24, 2.45) is 5.92 Å². The Morgan fingerprint density at radius 1 is 1.04 bits per heavy atom. The van der Waals surface area contributed by atoms with Crippen molar-refractivity contribution >= 4 is 28.9 Å². The second-order valence-electron chi connectivity index (χ2n) is 7.21. The van der Waals surface area contributed by atoms with Gasteiger partial charge in [0.05, 0.1) is 0 Å². The lowest BCUT2D eigenvalue weighted by Crippen LogP contribution is -2.36. The summed E-state index contributed by atoms with van der Waals surface area (Å²) in [6.45, 7) is 5.92. The minimum atomic E-state index is -0.214. The Morgan fingerprint density at radius 3 is 2.26 bits per heavy atom. The molecule has 1 fully saturated rings. The molecule has 0 aliphatic carbocycles. The highest BCUT2D eigenvalue weighted by Crippen LogP contribution is 2.24. The normalized spacial score (nSPS) is 14.7. The molecule has 0 unspecified atom stereocenters.